The first-order valence-electron chi connectivity index (χ1n) is 12.0. The van der Waals surface area contributed by atoms with E-state index in [-0.39, 0.29) is 41.5 Å². The van der Waals surface area contributed by atoms with E-state index in [2.05, 4.69) is 0 Å². The first kappa shape index (κ1) is 26.7. The highest BCUT2D eigenvalue weighted by molar-refractivity contribution is 7.93. The monoisotopic (exact) mass is 572 g/mol. The third kappa shape index (κ3) is 5.22. The number of aromatic nitrogens is 1. The Bertz CT molecular complexity index is 1680. The van der Waals surface area contributed by atoms with Gasteiger partial charge in [0.15, 0.2) is 0 Å². The number of carboxylic acid groups (broad SMARTS) is 1. The smallest absolute Gasteiger partial charge is 0.335 e. The molecule has 7 nitrogen and oxygen atoms in total. The van der Waals surface area contributed by atoms with Crippen LogP contribution in [0.2, 0.25) is 5.02 Å². The van der Waals surface area contributed by atoms with Crippen LogP contribution in [0.5, 0.6) is 5.75 Å². The van der Waals surface area contributed by atoms with E-state index in [1.807, 2.05) is 6.92 Å². The van der Waals surface area contributed by atoms with E-state index >= 15 is 0 Å². The maximum absolute atomic E-state index is 14.2. The summed E-state index contributed by atoms with van der Waals surface area (Å²) in [6.45, 7) is 1.68. The molecule has 39 heavy (non-hydrogen) atoms. The molecule has 1 saturated heterocycles. The molecule has 2 heterocycles. The molecule has 0 saturated carbocycles. The van der Waals surface area contributed by atoms with Gasteiger partial charge in [-0.05, 0) is 74.0 Å². The van der Waals surface area contributed by atoms with Crippen molar-refractivity contribution in [1.29, 1.82) is 0 Å². The molecule has 0 radical (unpaired) electrons. The molecule has 1 aliphatic heterocycles. The van der Waals surface area contributed by atoms with E-state index in [9.17, 15) is 27.1 Å². The number of aryl methyl sites for hydroxylation is 1. The molecule has 3 aromatic carbocycles. The average Bonchev–Trinajstić information content (AvgIpc) is 3.45. The molecule has 0 spiro atoms. The number of sulfonamides is 1. The maximum Gasteiger partial charge on any atom is 0.335 e. The van der Waals surface area contributed by atoms with Crippen molar-refractivity contribution in [3.05, 3.63) is 100 Å². The summed E-state index contributed by atoms with van der Waals surface area (Å²) in [5.74, 6) is -2.41. The quantitative estimate of drug-likeness (QED) is 0.285. The van der Waals surface area contributed by atoms with Gasteiger partial charge in [0.1, 0.15) is 24.0 Å². The minimum Gasteiger partial charge on any atom is -0.488 e. The maximum atomic E-state index is 14.2. The molecular weight excluding hydrogens is 550 g/mol. The first-order chi connectivity index (χ1) is 18.5. The molecule has 4 aromatic rings. The predicted octanol–water partition coefficient (Wildman–Crippen LogP) is 6.20. The number of ether oxygens (including phenoxy) is 1. The Kier molecular flexibility index (Phi) is 7.09. The zero-order chi connectivity index (χ0) is 27.9. The van der Waals surface area contributed by atoms with Crippen LogP contribution in [-0.2, 0) is 16.6 Å². The van der Waals surface area contributed by atoms with Crippen molar-refractivity contribution in [2.75, 3.05) is 16.6 Å². The SMILES string of the molecule is Cc1ccc(-c2cc(Cl)ccc2OCc2c(F)cccc2F)n1-c1cc(C(=O)O)cc(N2CCCS2(=O)=O)c1. The van der Waals surface area contributed by atoms with Crippen LogP contribution in [0.15, 0.2) is 66.7 Å². The van der Waals surface area contributed by atoms with Gasteiger partial charge in [0.2, 0.25) is 10.0 Å². The third-order valence-electron chi connectivity index (χ3n) is 6.52. The Morgan fingerprint density at radius 3 is 2.41 bits per heavy atom. The predicted molar refractivity (Wildman–Crippen MR) is 144 cm³/mol. The molecule has 1 aliphatic rings. The lowest BCUT2D eigenvalue weighted by Gasteiger charge is -2.21. The number of nitrogens with zero attached hydrogens (tertiary/aromatic N) is 2. The van der Waals surface area contributed by atoms with Gasteiger partial charge in [-0.15, -0.1) is 0 Å². The number of anilines is 1. The van der Waals surface area contributed by atoms with E-state index < -0.39 is 27.6 Å². The second kappa shape index (κ2) is 10.3. The van der Waals surface area contributed by atoms with Crippen LogP contribution in [0.3, 0.4) is 0 Å². The standard InChI is InChI=1S/C28H23ClF2N2O5S/c1-17-6-8-26(22-14-19(29)7-9-27(22)38-16-23-24(30)4-2-5-25(23)31)33(17)21-13-18(28(34)35)12-20(15-21)32-10-3-11-39(32,36)37/h2,4-9,12-15H,3,10-11,16H2,1H3,(H,34,35). The minimum atomic E-state index is -3.56. The lowest BCUT2D eigenvalue weighted by Crippen LogP contribution is -2.25. The lowest BCUT2D eigenvalue weighted by atomic mass is 10.1. The normalized spacial score (nSPS) is 14.5. The van der Waals surface area contributed by atoms with Crippen molar-refractivity contribution in [1.82, 2.24) is 4.57 Å². The Hall–Kier alpha value is -3.89. The van der Waals surface area contributed by atoms with E-state index in [0.717, 1.165) is 12.1 Å². The summed E-state index contributed by atoms with van der Waals surface area (Å²) in [6, 6.07) is 16.3. The van der Waals surface area contributed by atoms with E-state index in [1.165, 1.54) is 22.5 Å². The van der Waals surface area contributed by atoms with Crippen molar-refractivity contribution in [2.24, 2.45) is 0 Å². The van der Waals surface area contributed by atoms with Crippen molar-refractivity contribution < 1.29 is 31.8 Å². The highest BCUT2D eigenvalue weighted by Crippen LogP contribution is 2.37. The fourth-order valence-corrected chi connectivity index (χ4v) is 6.38. The van der Waals surface area contributed by atoms with Crippen LogP contribution in [0.25, 0.3) is 16.9 Å². The molecule has 1 fully saturated rings. The lowest BCUT2D eigenvalue weighted by molar-refractivity contribution is 0.0697. The van der Waals surface area contributed by atoms with Gasteiger partial charge in [0.05, 0.1) is 28.3 Å². The van der Waals surface area contributed by atoms with E-state index in [1.54, 1.807) is 41.0 Å². The van der Waals surface area contributed by atoms with Gasteiger partial charge in [0.25, 0.3) is 0 Å². The first-order valence-corrected chi connectivity index (χ1v) is 14.0. The van der Waals surface area contributed by atoms with Crippen LogP contribution in [0.4, 0.5) is 14.5 Å². The molecule has 0 unspecified atom stereocenters. The second-order valence-corrected chi connectivity index (χ2v) is 11.6. The summed E-state index contributed by atoms with van der Waals surface area (Å²) in [6.07, 6.45) is 0.439. The van der Waals surface area contributed by atoms with Crippen molar-refractivity contribution in [2.45, 2.75) is 20.0 Å². The van der Waals surface area contributed by atoms with Gasteiger partial charge in [-0.1, -0.05) is 17.7 Å². The number of carboxylic acids is 1. The van der Waals surface area contributed by atoms with Crippen molar-refractivity contribution in [3.63, 3.8) is 0 Å². The molecule has 202 valence electrons. The number of carbonyl (C=O) groups is 1. The molecule has 11 heteroatoms. The highest BCUT2D eigenvalue weighted by atomic mass is 35.5. The Morgan fingerprint density at radius 1 is 1.03 bits per heavy atom. The fraction of sp³-hybridized carbons (Fsp3) is 0.179. The Balaban J connectivity index is 1.62. The topological polar surface area (TPSA) is 88.8 Å². The van der Waals surface area contributed by atoms with Gasteiger partial charge >= 0.3 is 5.97 Å². The number of rotatable bonds is 7. The number of benzene rings is 3. The fourth-order valence-electron chi connectivity index (χ4n) is 4.66. The Labute approximate surface area is 228 Å². The van der Waals surface area contributed by atoms with Gasteiger partial charge in [-0.3, -0.25) is 4.31 Å². The van der Waals surface area contributed by atoms with Gasteiger partial charge in [0, 0.05) is 28.5 Å². The summed E-state index contributed by atoms with van der Waals surface area (Å²) >= 11 is 6.31. The molecule has 0 bridgehead atoms. The van der Waals surface area contributed by atoms with E-state index in [0.29, 0.717) is 34.1 Å². The zero-order valence-electron chi connectivity index (χ0n) is 20.7. The van der Waals surface area contributed by atoms with Crippen LogP contribution in [-0.4, -0.2) is 36.4 Å². The molecule has 1 aromatic heterocycles. The molecule has 1 N–H and O–H groups in total. The zero-order valence-corrected chi connectivity index (χ0v) is 22.3. The minimum absolute atomic E-state index is 0.0146. The summed E-state index contributed by atoms with van der Waals surface area (Å²) < 4.78 is 62.5. The number of hydrogen-bond donors (Lipinski definition) is 1. The van der Waals surface area contributed by atoms with Crippen LogP contribution in [0.1, 0.15) is 28.0 Å². The largest absolute Gasteiger partial charge is 0.488 e. The highest BCUT2D eigenvalue weighted by Gasteiger charge is 2.30. The molecule has 0 amide bonds. The number of halogens is 3. The van der Waals surface area contributed by atoms with Crippen LogP contribution in [0, 0.1) is 18.6 Å². The van der Waals surface area contributed by atoms with Crippen molar-refractivity contribution in [3.8, 4) is 22.7 Å². The molecule has 0 atom stereocenters. The summed E-state index contributed by atoms with van der Waals surface area (Å²) in [5, 5.41) is 10.2. The number of aromatic carboxylic acids is 1. The molecule has 0 aliphatic carbocycles. The van der Waals surface area contributed by atoms with Gasteiger partial charge in [-0.2, -0.15) is 0 Å². The summed E-state index contributed by atoms with van der Waals surface area (Å²) in [5.41, 5.74) is 2.11. The Morgan fingerprint density at radius 2 is 1.74 bits per heavy atom. The average molecular weight is 573 g/mol. The molecule has 5 rings (SSSR count). The molecular formula is C28H23ClF2N2O5S. The number of hydrogen-bond acceptors (Lipinski definition) is 4. The summed E-state index contributed by atoms with van der Waals surface area (Å²) in [4.78, 5) is 12.0. The van der Waals surface area contributed by atoms with Gasteiger partial charge < -0.3 is 14.4 Å². The van der Waals surface area contributed by atoms with Crippen LogP contribution < -0.4 is 9.04 Å². The second-order valence-electron chi connectivity index (χ2n) is 9.11. The summed E-state index contributed by atoms with van der Waals surface area (Å²) in [7, 11) is -3.56. The van der Waals surface area contributed by atoms with E-state index in [4.69, 9.17) is 16.3 Å². The van der Waals surface area contributed by atoms with Crippen LogP contribution >= 0.6 is 11.6 Å². The third-order valence-corrected chi connectivity index (χ3v) is 8.63. The van der Waals surface area contributed by atoms with Gasteiger partial charge in [-0.25, -0.2) is 22.0 Å². The van der Waals surface area contributed by atoms with Crippen molar-refractivity contribution >= 4 is 33.3 Å².